The lowest BCUT2D eigenvalue weighted by atomic mass is 10.3. The van der Waals surface area contributed by atoms with E-state index in [0.29, 0.717) is 29.1 Å². The van der Waals surface area contributed by atoms with Crippen LogP contribution >= 0.6 is 0 Å². The van der Waals surface area contributed by atoms with Crippen LogP contribution in [0.3, 0.4) is 0 Å². The van der Waals surface area contributed by atoms with Crippen LogP contribution < -0.4 is 11.0 Å². The molecule has 0 atom stereocenters. The van der Waals surface area contributed by atoms with E-state index in [1.165, 1.54) is 6.07 Å². The Morgan fingerprint density at radius 1 is 1.26 bits per heavy atom. The van der Waals surface area contributed by atoms with Crippen molar-refractivity contribution in [1.29, 1.82) is 0 Å². The van der Waals surface area contributed by atoms with Gasteiger partial charge in [-0.1, -0.05) is 12.1 Å². The van der Waals surface area contributed by atoms with Gasteiger partial charge >= 0.3 is 5.69 Å². The molecule has 1 aromatic carbocycles. The van der Waals surface area contributed by atoms with Gasteiger partial charge in [0, 0.05) is 20.3 Å². The molecule has 0 aliphatic carbocycles. The topological polar surface area (TPSA) is 99.4 Å². The minimum Gasteiger partial charge on any atom is -0.385 e. The van der Waals surface area contributed by atoms with E-state index in [4.69, 9.17) is 4.74 Å². The lowest BCUT2D eigenvalue weighted by Gasteiger charge is -2.05. The second-order valence-corrected chi connectivity index (χ2v) is 6.91. The van der Waals surface area contributed by atoms with Gasteiger partial charge in [0.1, 0.15) is 6.54 Å². The first-order valence-corrected chi connectivity index (χ1v) is 8.87. The van der Waals surface area contributed by atoms with Gasteiger partial charge in [-0.05, 0) is 18.6 Å². The number of fused-ring (bicyclic) bond motifs is 1. The van der Waals surface area contributed by atoms with E-state index >= 15 is 0 Å². The summed E-state index contributed by atoms with van der Waals surface area (Å²) in [7, 11) is -2.19. The van der Waals surface area contributed by atoms with Crippen molar-refractivity contribution in [2.24, 2.45) is 0 Å². The van der Waals surface area contributed by atoms with Crippen LogP contribution in [0, 0.1) is 0 Å². The highest BCUT2D eigenvalue weighted by Gasteiger charge is 2.20. The molecule has 2 aromatic rings. The minimum atomic E-state index is -3.76. The Kier molecular flexibility index (Phi) is 5.22. The fraction of sp³-hybridized carbons (Fsp3) is 0.429. The molecule has 8 nitrogen and oxygen atoms in total. The minimum absolute atomic E-state index is 0.241. The van der Waals surface area contributed by atoms with Crippen LogP contribution in [0.4, 0.5) is 0 Å². The smallest absolute Gasteiger partial charge is 0.343 e. The third kappa shape index (κ3) is 3.80. The fourth-order valence-corrected chi connectivity index (χ4v) is 3.19. The third-order valence-electron chi connectivity index (χ3n) is 3.28. The fourth-order valence-electron chi connectivity index (χ4n) is 2.30. The maximum absolute atomic E-state index is 12.4. The molecule has 1 heterocycles. The summed E-state index contributed by atoms with van der Waals surface area (Å²) in [6.07, 6.45) is 1.61. The predicted molar refractivity (Wildman–Crippen MR) is 85.9 cm³/mol. The van der Waals surface area contributed by atoms with Gasteiger partial charge in [0.2, 0.25) is 15.9 Å². The molecule has 1 N–H and O–H groups in total. The summed E-state index contributed by atoms with van der Waals surface area (Å²) in [5, 5.41) is 2.67. The first kappa shape index (κ1) is 17.2. The van der Waals surface area contributed by atoms with Gasteiger partial charge in [-0.15, -0.1) is 0 Å². The Morgan fingerprint density at radius 3 is 2.52 bits per heavy atom. The largest absolute Gasteiger partial charge is 0.385 e. The van der Waals surface area contributed by atoms with Gasteiger partial charge in [0.25, 0.3) is 0 Å². The van der Waals surface area contributed by atoms with Gasteiger partial charge in [-0.2, -0.15) is 3.97 Å². The molecule has 0 fully saturated rings. The summed E-state index contributed by atoms with van der Waals surface area (Å²) in [6.45, 7) is 0.703. The maximum Gasteiger partial charge on any atom is 0.343 e. The van der Waals surface area contributed by atoms with Crippen molar-refractivity contribution in [3.8, 4) is 0 Å². The highest BCUT2D eigenvalue weighted by atomic mass is 32.2. The number of carbonyl (C=O) groups excluding carboxylic acids is 1. The number of nitrogens with one attached hydrogen (secondary N) is 1. The number of hydrogen-bond donors (Lipinski definition) is 1. The molecule has 0 aliphatic rings. The summed E-state index contributed by atoms with van der Waals surface area (Å²) in [4.78, 5) is 24.4. The summed E-state index contributed by atoms with van der Waals surface area (Å²) >= 11 is 0. The average Bonchev–Trinajstić information content (AvgIpc) is 2.76. The number of ether oxygens (including phenoxy) is 1. The molecule has 0 radical (unpaired) electrons. The molecule has 9 heteroatoms. The SMILES string of the molecule is COCCCNC(=O)Cn1c(=O)n(S(C)(=O)=O)c2ccccc21. The van der Waals surface area contributed by atoms with Gasteiger partial charge < -0.3 is 10.1 Å². The average molecular weight is 341 g/mol. The zero-order valence-electron chi connectivity index (χ0n) is 13.0. The summed E-state index contributed by atoms with van der Waals surface area (Å²) in [5.41, 5.74) is -0.0945. The number of para-hydroxylation sites is 2. The van der Waals surface area contributed by atoms with E-state index in [9.17, 15) is 18.0 Å². The lowest BCUT2D eigenvalue weighted by molar-refractivity contribution is -0.121. The third-order valence-corrected chi connectivity index (χ3v) is 4.29. The highest BCUT2D eigenvalue weighted by molar-refractivity contribution is 7.89. The molecule has 2 rings (SSSR count). The van der Waals surface area contributed by atoms with Gasteiger partial charge in [-0.25, -0.2) is 13.2 Å². The molecule has 23 heavy (non-hydrogen) atoms. The first-order chi connectivity index (χ1) is 10.9. The van der Waals surface area contributed by atoms with E-state index in [-0.39, 0.29) is 18.0 Å². The van der Waals surface area contributed by atoms with E-state index in [1.807, 2.05) is 0 Å². The van der Waals surface area contributed by atoms with Gasteiger partial charge in [0.15, 0.2) is 0 Å². The van der Waals surface area contributed by atoms with Crippen molar-refractivity contribution in [3.05, 3.63) is 34.7 Å². The van der Waals surface area contributed by atoms with Crippen molar-refractivity contribution in [2.45, 2.75) is 13.0 Å². The number of aromatic nitrogens is 2. The van der Waals surface area contributed by atoms with Crippen LogP contribution in [0.2, 0.25) is 0 Å². The zero-order valence-corrected chi connectivity index (χ0v) is 13.8. The molecular formula is C14H19N3O5S. The molecule has 0 aliphatic heterocycles. The number of methoxy groups -OCH3 is 1. The second kappa shape index (κ2) is 6.97. The van der Waals surface area contributed by atoms with E-state index in [1.54, 1.807) is 25.3 Å². The molecular weight excluding hydrogens is 322 g/mol. The molecule has 126 valence electrons. The Hall–Kier alpha value is -2.13. The number of benzene rings is 1. The summed E-state index contributed by atoms with van der Waals surface area (Å²) < 4.78 is 30.4. The number of imidazole rings is 1. The Balaban J connectivity index is 2.33. The number of rotatable bonds is 7. The number of carbonyl (C=O) groups is 1. The molecule has 0 saturated carbocycles. The number of nitrogens with zero attached hydrogens (tertiary/aromatic N) is 2. The van der Waals surface area contributed by atoms with E-state index < -0.39 is 15.7 Å². The van der Waals surface area contributed by atoms with E-state index in [2.05, 4.69) is 5.32 Å². The molecule has 0 bridgehead atoms. The van der Waals surface area contributed by atoms with Gasteiger partial charge in [-0.3, -0.25) is 9.36 Å². The van der Waals surface area contributed by atoms with Crippen LogP contribution in [0.1, 0.15) is 6.42 Å². The van der Waals surface area contributed by atoms with Crippen molar-refractivity contribution in [3.63, 3.8) is 0 Å². The number of amides is 1. The van der Waals surface area contributed by atoms with Crippen LogP contribution in [0.5, 0.6) is 0 Å². The summed E-state index contributed by atoms with van der Waals surface area (Å²) in [5.74, 6) is -0.361. The predicted octanol–water partition coefficient (Wildman–Crippen LogP) is -0.237. The molecule has 0 saturated heterocycles. The summed E-state index contributed by atoms with van der Waals surface area (Å²) in [6, 6.07) is 6.46. The highest BCUT2D eigenvalue weighted by Crippen LogP contribution is 2.14. The second-order valence-electron chi connectivity index (χ2n) is 5.08. The Morgan fingerprint density at radius 2 is 1.91 bits per heavy atom. The van der Waals surface area contributed by atoms with Crippen LogP contribution in [-0.2, 0) is 26.1 Å². The standard InChI is InChI=1S/C14H19N3O5S/c1-22-9-5-8-15-13(18)10-16-11-6-3-4-7-12(11)17(14(16)19)23(2,20)21/h3-4,6-7H,5,8-10H2,1-2H3,(H,15,18). The number of hydrogen-bond acceptors (Lipinski definition) is 5. The van der Waals surface area contributed by atoms with E-state index in [0.717, 1.165) is 10.8 Å². The van der Waals surface area contributed by atoms with Crippen molar-refractivity contribution < 1.29 is 17.9 Å². The molecule has 0 spiro atoms. The van der Waals surface area contributed by atoms with Crippen molar-refractivity contribution in [1.82, 2.24) is 13.9 Å². The van der Waals surface area contributed by atoms with Crippen molar-refractivity contribution >= 4 is 27.0 Å². The Bertz CT molecular complexity index is 866. The monoisotopic (exact) mass is 341 g/mol. The quantitative estimate of drug-likeness (QED) is 0.701. The van der Waals surface area contributed by atoms with Crippen LogP contribution in [0.15, 0.2) is 29.1 Å². The first-order valence-electron chi connectivity index (χ1n) is 7.02. The molecule has 1 amide bonds. The normalized spacial score (nSPS) is 11.7. The molecule has 1 aromatic heterocycles. The Labute approximate surface area is 133 Å². The van der Waals surface area contributed by atoms with Crippen molar-refractivity contribution in [2.75, 3.05) is 26.5 Å². The van der Waals surface area contributed by atoms with Gasteiger partial charge in [0.05, 0.1) is 17.3 Å². The lowest BCUT2D eigenvalue weighted by Crippen LogP contribution is -2.35. The molecule has 0 unspecified atom stereocenters. The van der Waals surface area contributed by atoms with Crippen LogP contribution in [-0.4, -0.2) is 49.4 Å². The maximum atomic E-state index is 12.4. The van der Waals surface area contributed by atoms with Crippen LogP contribution in [0.25, 0.3) is 11.0 Å². The zero-order chi connectivity index (χ0) is 17.0.